The normalized spacial score (nSPS) is 16.2. The highest BCUT2D eigenvalue weighted by molar-refractivity contribution is 9.10. The molecule has 1 aliphatic heterocycles. The van der Waals surface area contributed by atoms with Crippen LogP contribution in [-0.4, -0.2) is 66.7 Å². The average Bonchev–Trinajstić information content (AvgIpc) is 2.96. The van der Waals surface area contributed by atoms with Crippen LogP contribution >= 0.6 is 15.9 Å². The van der Waals surface area contributed by atoms with Crippen LogP contribution in [0.5, 0.6) is 0 Å². The molecule has 1 aromatic carbocycles. The van der Waals surface area contributed by atoms with E-state index in [1.807, 2.05) is 4.90 Å². The van der Waals surface area contributed by atoms with Crippen LogP contribution in [0.25, 0.3) is 0 Å². The Kier molecular flexibility index (Phi) is 6.36. The zero-order valence-electron chi connectivity index (χ0n) is 15.7. The summed E-state index contributed by atoms with van der Waals surface area (Å²) < 4.78 is 61.1. The second-order valence-corrected chi connectivity index (χ2v) is 9.12. The Morgan fingerprint density at radius 3 is 2.34 bits per heavy atom. The standard InChI is InChI=1S/C17H19BrF2N4O4S/c1-11-14(18)15(17(25)28-2)21-24(11)10-22-6-8-23(9-7-22)29(26,27)16-12(19)4-3-5-13(16)20/h3-5H,6-10H2,1-2H3. The number of benzene rings is 1. The van der Waals surface area contributed by atoms with Crippen LogP contribution < -0.4 is 0 Å². The van der Waals surface area contributed by atoms with Crippen molar-refractivity contribution >= 4 is 31.9 Å². The molecule has 2 aromatic rings. The highest BCUT2D eigenvalue weighted by Crippen LogP contribution is 2.25. The molecular weight excluding hydrogens is 474 g/mol. The number of carbonyl (C=O) groups excluding carboxylic acids is 1. The van der Waals surface area contributed by atoms with E-state index in [-0.39, 0.29) is 18.8 Å². The van der Waals surface area contributed by atoms with E-state index in [2.05, 4.69) is 21.0 Å². The van der Waals surface area contributed by atoms with Gasteiger partial charge in [0, 0.05) is 26.2 Å². The number of methoxy groups -OCH3 is 1. The summed E-state index contributed by atoms with van der Waals surface area (Å²) in [5.41, 5.74) is 0.870. The predicted octanol–water partition coefficient (Wildman–Crippen LogP) is 1.98. The molecule has 0 radical (unpaired) electrons. The van der Waals surface area contributed by atoms with Crippen LogP contribution in [0.15, 0.2) is 27.6 Å². The van der Waals surface area contributed by atoms with Crippen LogP contribution in [0.2, 0.25) is 0 Å². The van der Waals surface area contributed by atoms with Gasteiger partial charge in [-0.05, 0) is 35.0 Å². The molecule has 1 aromatic heterocycles. The van der Waals surface area contributed by atoms with Gasteiger partial charge in [0.1, 0.15) is 11.6 Å². The third-order valence-corrected chi connectivity index (χ3v) is 7.59. The molecule has 0 atom stereocenters. The topological polar surface area (TPSA) is 84.7 Å². The predicted molar refractivity (Wildman–Crippen MR) is 103 cm³/mol. The first-order valence-corrected chi connectivity index (χ1v) is 10.9. The molecule has 1 aliphatic rings. The minimum absolute atomic E-state index is 0.0709. The first-order valence-electron chi connectivity index (χ1n) is 8.64. The van der Waals surface area contributed by atoms with E-state index in [4.69, 9.17) is 4.74 Å². The Bertz CT molecular complexity index is 1020. The quantitative estimate of drug-likeness (QED) is 0.593. The van der Waals surface area contributed by atoms with Gasteiger partial charge in [-0.15, -0.1) is 0 Å². The summed E-state index contributed by atoms with van der Waals surface area (Å²) in [5, 5.41) is 4.24. The summed E-state index contributed by atoms with van der Waals surface area (Å²) in [4.78, 5) is 12.8. The molecule has 0 unspecified atom stereocenters. The van der Waals surface area contributed by atoms with Gasteiger partial charge in [0.25, 0.3) is 0 Å². The summed E-state index contributed by atoms with van der Waals surface area (Å²) in [7, 11) is -3.01. The van der Waals surface area contributed by atoms with Crippen molar-refractivity contribution in [1.29, 1.82) is 0 Å². The lowest BCUT2D eigenvalue weighted by molar-refractivity contribution is 0.0590. The van der Waals surface area contributed by atoms with Gasteiger partial charge in [-0.1, -0.05) is 6.07 Å². The van der Waals surface area contributed by atoms with Gasteiger partial charge in [0.15, 0.2) is 10.6 Å². The van der Waals surface area contributed by atoms with Gasteiger partial charge in [-0.2, -0.15) is 9.40 Å². The van der Waals surface area contributed by atoms with Gasteiger partial charge < -0.3 is 4.74 Å². The number of hydrogen-bond donors (Lipinski definition) is 0. The molecule has 0 spiro atoms. The van der Waals surface area contributed by atoms with Gasteiger partial charge in [0.05, 0.1) is 23.9 Å². The zero-order chi connectivity index (χ0) is 21.3. The molecule has 1 fully saturated rings. The molecule has 29 heavy (non-hydrogen) atoms. The minimum Gasteiger partial charge on any atom is -0.464 e. The number of nitrogens with zero attached hydrogens (tertiary/aromatic N) is 4. The average molecular weight is 493 g/mol. The molecule has 0 saturated carbocycles. The van der Waals surface area contributed by atoms with E-state index in [9.17, 15) is 22.0 Å². The number of esters is 1. The fraction of sp³-hybridized carbons (Fsp3) is 0.412. The minimum atomic E-state index is -4.28. The van der Waals surface area contributed by atoms with E-state index in [1.165, 1.54) is 7.11 Å². The van der Waals surface area contributed by atoms with Crippen molar-refractivity contribution in [3.8, 4) is 0 Å². The highest BCUT2D eigenvalue weighted by atomic mass is 79.9. The first-order chi connectivity index (χ1) is 13.7. The number of halogens is 3. The molecule has 3 rings (SSSR count). The second-order valence-electron chi connectivity index (χ2n) is 6.45. The lowest BCUT2D eigenvalue weighted by Gasteiger charge is -2.34. The Balaban J connectivity index is 1.71. The van der Waals surface area contributed by atoms with E-state index < -0.39 is 32.5 Å². The van der Waals surface area contributed by atoms with Gasteiger partial charge in [-0.25, -0.2) is 22.0 Å². The Hall–Kier alpha value is -1.89. The summed E-state index contributed by atoms with van der Waals surface area (Å²) >= 11 is 3.32. The van der Waals surface area contributed by atoms with Crippen molar-refractivity contribution in [1.82, 2.24) is 19.0 Å². The summed E-state index contributed by atoms with van der Waals surface area (Å²) in [6.07, 6.45) is 0. The fourth-order valence-electron chi connectivity index (χ4n) is 3.05. The zero-order valence-corrected chi connectivity index (χ0v) is 18.1. The van der Waals surface area contributed by atoms with Crippen molar-refractivity contribution in [2.24, 2.45) is 0 Å². The van der Waals surface area contributed by atoms with E-state index in [0.717, 1.165) is 22.5 Å². The number of ether oxygens (including phenoxy) is 1. The Labute approximate surface area is 175 Å². The van der Waals surface area contributed by atoms with Crippen LogP contribution in [0.3, 0.4) is 0 Å². The maximum Gasteiger partial charge on any atom is 0.359 e. The third-order valence-electron chi connectivity index (χ3n) is 4.69. The number of piperazine rings is 1. The van der Waals surface area contributed by atoms with Gasteiger partial charge >= 0.3 is 5.97 Å². The van der Waals surface area contributed by atoms with Crippen LogP contribution in [0, 0.1) is 18.6 Å². The third kappa shape index (κ3) is 4.20. The van der Waals surface area contributed by atoms with Crippen molar-refractivity contribution in [3.63, 3.8) is 0 Å². The van der Waals surface area contributed by atoms with Crippen LogP contribution in [-0.2, 0) is 21.4 Å². The SMILES string of the molecule is COC(=O)c1nn(CN2CCN(S(=O)(=O)c3c(F)cccc3F)CC2)c(C)c1Br. The van der Waals surface area contributed by atoms with Crippen molar-refractivity contribution < 1.29 is 26.7 Å². The molecule has 0 N–H and O–H groups in total. The van der Waals surface area contributed by atoms with Gasteiger partial charge in [-0.3, -0.25) is 9.58 Å². The largest absolute Gasteiger partial charge is 0.464 e. The molecule has 0 aliphatic carbocycles. The molecule has 0 bridgehead atoms. The lowest BCUT2D eigenvalue weighted by atomic mass is 10.3. The van der Waals surface area contributed by atoms with Crippen molar-refractivity contribution in [2.75, 3.05) is 33.3 Å². The molecule has 0 amide bonds. The molecule has 158 valence electrons. The number of rotatable bonds is 5. The highest BCUT2D eigenvalue weighted by Gasteiger charge is 2.33. The van der Waals surface area contributed by atoms with E-state index in [1.54, 1.807) is 11.6 Å². The Morgan fingerprint density at radius 2 is 1.79 bits per heavy atom. The molecule has 2 heterocycles. The van der Waals surface area contributed by atoms with Crippen molar-refractivity contribution in [3.05, 3.63) is 45.7 Å². The molecule has 12 heteroatoms. The van der Waals surface area contributed by atoms with Crippen LogP contribution in [0.1, 0.15) is 16.2 Å². The lowest BCUT2D eigenvalue weighted by Crippen LogP contribution is -2.49. The number of hydrogen-bond acceptors (Lipinski definition) is 6. The maximum absolute atomic E-state index is 13.9. The van der Waals surface area contributed by atoms with E-state index >= 15 is 0 Å². The number of carbonyl (C=O) groups is 1. The Morgan fingerprint density at radius 1 is 1.21 bits per heavy atom. The maximum atomic E-state index is 13.9. The molecule has 8 nitrogen and oxygen atoms in total. The number of sulfonamides is 1. The monoisotopic (exact) mass is 492 g/mol. The fourth-order valence-corrected chi connectivity index (χ4v) is 5.02. The summed E-state index contributed by atoms with van der Waals surface area (Å²) in [6.45, 7) is 2.91. The second kappa shape index (κ2) is 8.46. The van der Waals surface area contributed by atoms with E-state index in [0.29, 0.717) is 29.9 Å². The summed E-state index contributed by atoms with van der Waals surface area (Å²) in [5.74, 6) is -2.79. The smallest absolute Gasteiger partial charge is 0.359 e. The molecular formula is C17H19BrF2N4O4S. The molecule has 1 saturated heterocycles. The van der Waals surface area contributed by atoms with Gasteiger partial charge in [0.2, 0.25) is 10.0 Å². The van der Waals surface area contributed by atoms with Crippen molar-refractivity contribution in [2.45, 2.75) is 18.5 Å². The van der Waals surface area contributed by atoms with Crippen LogP contribution in [0.4, 0.5) is 8.78 Å². The first kappa shape index (κ1) is 21.8. The summed E-state index contributed by atoms with van der Waals surface area (Å²) in [6, 6.07) is 2.96. The number of aromatic nitrogens is 2.